The molecular weight excluding hydrogens is 256 g/mol. The van der Waals surface area contributed by atoms with Gasteiger partial charge in [-0.3, -0.25) is 0 Å². The first-order valence-corrected chi connectivity index (χ1v) is 6.43. The van der Waals surface area contributed by atoms with E-state index in [2.05, 4.69) is 27.2 Å². The Hall–Kier alpha value is -1.20. The Kier molecular flexibility index (Phi) is 3.59. The lowest BCUT2D eigenvalue weighted by Crippen LogP contribution is -2.08. The fourth-order valence-electron chi connectivity index (χ4n) is 1.59. The van der Waals surface area contributed by atoms with Crippen LogP contribution in [0.5, 0.6) is 0 Å². The predicted molar refractivity (Wildman–Crippen MR) is 70.7 cm³/mol. The van der Waals surface area contributed by atoms with Gasteiger partial charge in [0, 0.05) is 4.88 Å². The summed E-state index contributed by atoms with van der Waals surface area (Å²) in [4.78, 5) is 13.8. The van der Waals surface area contributed by atoms with Crippen LogP contribution in [0, 0.1) is 13.8 Å². The molecule has 0 amide bonds. The molecule has 90 valence electrons. The van der Waals surface area contributed by atoms with E-state index in [1.165, 1.54) is 4.88 Å². The third kappa shape index (κ3) is 2.92. The van der Waals surface area contributed by atoms with Crippen molar-refractivity contribution in [3.8, 4) is 0 Å². The maximum absolute atomic E-state index is 5.73. The Morgan fingerprint density at radius 2 is 1.94 bits per heavy atom. The van der Waals surface area contributed by atoms with Gasteiger partial charge in [-0.2, -0.15) is 0 Å². The zero-order chi connectivity index (χ0) is 12.4. The summed E-state index contributed by atoms with van der Waals surface area (Å²) in [6.45, 7) is 6.09. The fraction of sp³-hybridized carbons (Fsp3) is 0.364. The smallest absolute Gasteiger partial charge is 0.223 e. The van der Waals surface area contributed by atoms with Crippen molar-refractivity contribution >= 4 is 28.9 Å². The van der Waals surface area contributed by atoms with Gasteiger partial charge >= 0.3 is 0 Å². The fourth-order valence-corrected chi connectivity index (χ4v) is 2.62. The molecule has 1 atom stereocenters. The van der Waals surface area contributed by atoms with E-state index >= 15 is 0 Å². The maximum atomic E-state index is 5.73. The van der Waals surface area contributed by atoms with Crippen LogP contribution in [0.25, 0.3) is 0 Å². The van der Waals surface area contributed by atoms with Gasteiger partial charge in [0.25, 0.3) is 0 Å². The standard InChI is InChI=1S/C11H13ClN4S/c1-6-10(17-8(3)15-6)7(2)16-11-13-4-9(12)5-14-11/h4-5,7H,1-3H3,(H,13,14,16). The summed E-state index contributed by atoms with van der Waals surface area (Å²) in [5.74, 6) is 0.576. The Balaban J connectivity index is 2.14. The Morgan fingerprint density at radius 1 is 1.29 bits per heavy atom. The molecular formula is C11H13ClN4S. The highest BCUT2D eigenvalue weighted by Gasteiger charge is 2.13. The number of nitrogens with zero attached hydrogens (tertiary/aromatic N) is 3. The molecule has 6 heteroatoms. The van der Waals surface area contributed by atoms with Crippen LogP contribution in [-0.2, 0) is 0 Å². The summed E-state index contributed by atoms with van der Waals surface area (Å²) in [5.41, 5.74) is 1.06. The first-order valence-electron chi connectivity index (χ1n) is 5.24. The quantitative estimate of drug-likeness (QED) is 0.927. The van der Waals surface area contributed by atoms with Gasteiger partial charge in [0.1, 0.15) is 0 Å². The summed E-state index contributed by atoms with van der Waals surface area (Å²) in [6, 6.07) is 0.141. The molecule has 1 N–H and O–H groups in total. The van der Waals surface area contributed by atoms with Gasteiger partial charge in [-0.1, -0.05) is 11.6 Å². The summed E-state index contributed by atoms with van der Waals surface area (Å²) < 4.78 is 0. The molecule has 1 unspecified atom stereocenters. The van der Waals surface area contributed by atoms with Crippen molar-refractivity contribution < 1.29 is 0 Å². The maximum Gasteiger partial charge on any atom is 0.223 e. The molecule has 0 aromatic carbocycles. The molecule has 2 aromatic rings. The molecule has 0 aliphatic heterocycles. The number of hydrogen-bond donors (Lipinski definition) is 1. The predicted octanol–water partition coefficient (Wildman–Crippen LogP) is 3.38. The molecule has 4 nitrogen and oxygen atoms in total. The van der Waals surface area contributed by atoms with Gasteiger partial charge in [-0.15, -0.1) is 11.3 Å². The van der Waals surface area contributed by atoms with Crippen LogP contribution in [0.3, 0.4) is 0 Å². The normalized spacial score (nSPS) is 12.5. The van der Waals surface area contributed by atoms with Crippen LogP contribution < -0.4 is 5.32 Å². The van der Waals surface area contributed by atoms with E-state index in [0.717, 1.165) is 10.7 Å². The zero-order valence-electron chi connectivity index (χ0n) is 9.86. The minimum Gasteiger partial charge on any atom is -0.347 e. The van der Waals surface area contributed by atoms with Gasteiger partial charge in [0.05, 0.1) is 34.2 Å². The molecule has 2 heterocycles. The number of rotatable bonds is 3. The minimum atomic E-state index is 0.141. The average molecular weight is 269 g/mol. The lowest BCUT2D eigenvalue weighted by atomic mass is 10.2. The molecule has 2 rings (SSSR count). The molecule has 0 bridgehead atoms. The average Bonchev–Trinajstić information content (AvgIpc) is 2.61. The van der Waals surface area contributed by atoms with E-state index in [9.17, 15) is 0 Å². The number of anilines is 1. The third-order valence-corrected chi connectivity index (χ3v) is 3.75. The summed E-state index contributed by atoms with van der Waals surface area (Å²) in [6.07, 6.45) is 3.16. The van der Waals surface area contributed by atoms with Crippen LogP contribution >= 0.6 is 22.9 Å². The summed E-state index contributed by atoms with van der Waals surface area (Å²) in [5, 5.41) is 4.84. The SMILES string of the molecule is Cc1nc(C)c(C(C)Nc2ncc(Cl)cn2)s1. The van der Waals surface area contributed by atoms with Crippen molar-refractivity contribution in [2.24, 2.45) is 0 Å². The van der Waals surface area contributed by atoms with Crippen LogP contribution in [0.4, 0.5) is 5.95 Å². The van der Waals surface area contributed by atoms with E-state index in [-0.39, 0.29) is 6.04 Å². The number of thiazole rings is 1. The van der Waals surface area contributed by atoms with Crippen molar-refractivity contribution in [1.29, 1.82) is 0 Å². The van der Waals surface area contributed by atoms with Crippen LogP contribution in [0.2, 0.25) is 5.02 Å². The van der Waals surface area contributed by atoms with Crippen molar-refractivity contribution in [2.45, 2.75) is 26.8 Å². The Labute approximate surface area is 109 Å². The van der Waals surface area contributed by atoms with Crippen LogP contribution in [-0.4, -0.2) is 15.0 Å². The Bertz CT molecular complexity index is 509. The molecule has 0 spiro atoms. The molecule has 0 aliphatic carbocycles. The number of aromatic nitrogens is 3. The molecule has 0 fully saturated rings. The highest BCUT2D eigenvalue weighted by molar-refractivity contribution is 7.11. The largest absolute Gasteiger partial charge is 0.347 e. The van der Waals surface area contributed by atoms with E-state index in [1.807, 2.05) is 13.8 Å². The molecule has 0 saturated heterocycles. The summed E-state index contributed by atoms with van der Waals surface area (Å²) in [7, 11) is 0. The monoisotopic (exact) mass is 268 g/mol. The lowest BCUT2D eigenvalue weighted by Gasteiger charge is -2.12. The summed E-state index contributed by atoms with van der Waals surface area (Å²) >= 11 is 7.42. The van der Waals surface area contributed by atoms with Crippen LogP contribution in [0.1, 0.15) is 28.5 Å². The zero-order valence-corrected chi connectivity index (χ0v) is 11.4. The first kappa shape index (κ1) is 12.3. The van der Waals surface area contributed by atoms with E-state index < -0.39 is 0 Å². The second-order valence-electron chi connectivity index (χ2n) is 3.77. The van der Waals surface area contributed by atoms with Gasteiger partial charge in [-0.25, -0.2) is 15.0 Å². The first-order chi connectivity index (χ1) is 8.06. The van der Waals surface area contributed by atoms with E-state index in [1.54, 1.807) is 23.7 Å². The number of halogens is 1. The molecule has 0 saturated carbocycles. The van der Waals surface area contributed by atoms with E-state index in [4.69, 9.17) is 11.6 Å². The second kappa shape index (κ2) is 4.98. The van der Waals surface area contributed by atoms with Crippen molar-refractivity contribution in [1.82, 2.24) is 15.0 Å². The highest BCUT2D eigenvalue weighted by atomic mass is 35.5. The molecule has 0 aliphatic rings. The number of nitrogens with one attached hydrogen (secondary N) is 1. The number of hydrogen-bond acceptors (Lipinski definition) is 5. The minimum absolute atomic E-state index is 0.141. The third-order valence-electron chi connectivity index (χ3n) is 2.30. The van der Waals surface area contributed by atoms with Gasteiger partial charge in [-0.05, 0) is 20.8 Å². The second-order valence-corrected chi connectivity index (χ2v) is 5.44. The highest BCUT2D eigenvalue weighted by Crippen LogP contribution is 2.26. The molecule has 2 aromatic heterocycles. The van der Waals surface area contributed by atoms with Crippen LogP contribution in [0.15, 0.2) is 12.4 Å². The van der Waals surface area contributed by atoms with Crippen molar-refractivity contribution in [3.63, 3.8) is 0 Å². The van der Waals surface area contributed by atoms with Gasteiger partial charge in [0.2, 0.25) is 5.95 Å². The molecule has 17 heavy (non-hydrogen) atoms. The van der Waals surface area contributed by atoms with Crippen molar-refractivity contribution in [3.05, 3.63) is 33.0 Å². The van der Waals surface area contributed by atoms with Gasteiger partial charge in [0.15, 0.2) is 0 Å². The Morgan fingerprint density at radius 3 is 2.47 bits per heavy atom. The van der Waals surface area contributed by atoms with Crippen molar-refractivity contribution in [2.75, 3.05) is 5.32 Å². The van der Waals surface area contributed by atoms with E-state index in [0.29, 0.717) is 11.0 Å². The lowest BCUT2D eigenvalue weighted by molar-refractivity contribution is 0.866. The van der Waals surface area contributed by atoms with Gasteiger partial charge < -0.3 is 5.32 Å². The topological polar surface area (TPSA) is 50.7 Å². The molecule has 0 radical (unpaired) electrons. The number of aryl methyl sites for hydroxylation is 2.